The van der Waals surface area contributed by atoms with E-state index in [1.165, 1.54) is 28.1 Å². The summed E-state index contributed by atoms with van der Waals surface area (Å²) in [6.07, 6.45) is 3.41. The van der Waals surface area contributed by atoms with Gasteiger partial charge in [0.15, 0.2) is 0 Å². The fourth-order valence-corrected chi connectivity index (χ4v) is 3.64. The average Bonchev–Trinajstić information content (AvgIpc) is 2.64. The SMILES string of the molecule is CN=C/C(=C\N)c1ccc(CN2CCN(C)c3cccc(C)c32)c(C)c1. The van der Waals surface area contributed by atoms with Crippen LogP contribution in [-0.4, -0.2) is 33.4 Å². The summed E-state index contributed by atoms with van der Waals surface area (Å²) < 4.78 is 0. The first kappa shape index (κ1) is 18.1. The molecule has 2 aromatic carbocycles. The number of nitrogens with two attached hydrogens (primary N) is 1. The van der Waals surface area contributed by atoms with E-state index < -0.39 is 0 Å². The molecule has 1 heterocycles. The van der Waals surface area contributed by atoms with Crippen LogP contribution in [0.15, 0.2) is 47.6 Å². The molecule has 0 saturated carbocycles. The van der Waals surface area contributed by atoms with Crippen LogP contribution in [-0.2, 0) is 6.54 Å². The van der Waals surface area contributed by atoms with Crippen molar-refractivity contribution in [2.24, 2.45) is 10.7 Å². The van der Waals surface area contributed by atoms with Crippen LogP contribution >= 0.6 is 0 Å². The van der Waals surface area contributed by atoms with E-state index in [0.717, 1.165) is 30.8 Å². The number of para-hydroxylation sites is 1. The third-order valence-corrected chi connectivity index (χ3v) is 5.13. The lowest BCUT2D eigenvalue weighted by atomic mass is 9.99. The molecule has 0 spiro atoms. The summed E-state index contributed by atoms with van der Waals surface area (Å²) >= 11 is 0. The highest BCUT2D eigenvalue weighted by Gasteiger charge is 2.22. The van der Waals surface area contributed by atoms with E-state index in [9.17, 15) is 0 Å². The van der Waals surface area contributed by atoms with Crippen LogP contribution < -0.4 is 15.5 Å². The molecule has 1 aliphatic heterocycles. The van der Waals surface area contributed by atoms with Crippen LogP contribution in [0, 0.1) is 13.8 Å². The van der Waals surface area contributed by atoms with E-state index in [0.29, 0.717) is 0 Å². The predicted octanol–water partition coefficient (Wildman–Crippen LogP) is 3.76. The fraction of sp³-hybridized carbons (Fsp3) is 0.318. The molecular formula is C22H28N4. The lowest BCUT2D eigenvalue weighted by Gasteiger charge is -2.38. The quantitative estimate of drug-likeness (QED) is 0.856. The number of fused-ring (bicyclic) bond motifs is 1. The predicted molar refractivity (Wildman–Crippen MR) is 113 cm³/mol. The van der Waals surface area contributed by atoms with Gasteiger partial charge in [0.2, 0.25) is 0 Å². The Morgan fingerprint density at radius 3 is 2.65 bits per heavy atom. The van der Waals surface area contributed by atoms with E-state index in [1.807, 2.05) is 0 Å². The molecule has 0 aromatic heterocycles. The summed E-state index contributed by atoms with van der Waals surface area (Å²) in [4.78, 5) is 8.93. The summed E-state index contributed by atoms with van der Waals surface area (Å²) in [6.45, 7) is 7.36. The highest BCUT2D eigenvalue weighted by molar-refractivity contribution is 6.09. The number of benzene rings is 2. The second-order valence-electron chi connectivity index (χ2n) is 6.94. The summed E-state index contributed by atoms with van der Waals surface area (Å²) in [7, 11) is 3.93. The molecule has 2 aromatic rings. The number of allylic oxidation sites excluding steroid dienone is 1. The standard InChI is InChI=1S/C22H28N4/c1-16-6-5-7-21-22(16)26(11-10-25(21)4)15-19-9-8-18(12-17(19)2)20(13-23)14-24-3/h5-9,12-14H,10-11,15,23H2,1-4H3/b20-13+,24-14?. The van der Waals surface area contributed by atoms with E-state index in [1.54, 1.807) is 19.5 Å². The molecule has 0 atom stereocenters. The zero-order valence-electron chi connectivity index (χ0n) is 16.2. The number of hydrogen-bond donors (Lipinski definition) is 1. The van der Waals surface area contributed by atoms with E-state index >= 15 is 0 Å². The van der Waals surface area contributed by atoms with Gasteiger partial charge in [-0.25, -0.2) is 0 Å². The maximum absolute atomic E-state index is 5.74. The Balaban J connectivity index is 1.90. The van der Waals surface area contributed by atoms with E-state index in [2.05, 4.69) is 72.1 Å². The second-order valence-corrected chi connectivity index (χ2v) is 6.94. The minimum Gasteiger partial charge on any atom is -0.404 e. The van der Waals surface area contributed by atoms with Gasteiger partial charge in [0, 0.05) is 51.7 Å². The average molecular weight is 348 g/mol. The molecule has 4 heteroatoms. The van der Waals surface area contributed by atoms with Crippen LogP contribution in [0.4, 0.5) is 11.4 Å². The van der Waals surface area contributed by atoms with Crippen molar-refractivity contribution in [2.45, 2.75) is 20.4 Å². The lowest BCUT2D eigenvalue weighted by molar-refractivity contribution is 0.730. The summed E-state index contributed by atoms with van der Waals surface area (Å²) in [5.74, 6) is 0. The summed E-state index contributed by atoms with van der Waals surface area (Å²) in [5.41, 5.74) is 14.4. The van der Waals surface area contributed by atoms with Gasteiger partial charge in [0.25, 0.3) is 0 Å². The monoisotopic (exact) mass is 348 g/mol. The van der Waals surface area contributed by atoms with Gasteiger partial charge < -0.3 is 15.5 Å². The summed E-state index contributed by atoms with van der Waals surface area (Å²) in [6, 6.07) is 13.1. The molecule has 3 rings (SSSR count). The van der Waals surface area contributed by atoms with Gasteiger partial charge in [-0.05, 0) is 42.2 Å². The van der Waals surface area contributed by atoms with Gasteiger partial charge in [-0.1, -0.05) is 30.3 Å². The van der Waals surface area contributed by atoms with Crippen molar-refractivity contribution in [3.8, 4) is 0 Å². The first-order valence-corrected chi connectivity index (χ1v) is 9.04. The Kier molecular flexibility index (Phi) is 5.31. The number of aliphatic imine (C=N–C) groups is 1. The number of nitrogens with zero attached hydrogens (tertiary/aromatic N) is 3. The van der Waals surface area contributed by atoms with Crippen LogP contribution in [0.3, 0.4) is 0 Å². The first-order valence-electron chi connectivity index (χ1n) is 9.04. The number of hydrogen-bond acceptors (Lipinski definition) is 4. The van der Waals surface area contributed by atoms with Gasteiger partial charge in [-0.3, -0.25) is 4.99 Å². The normalized spacial score (nSPS) is 14.8. The summed E-state index contributed by atoms with van der Waals surface area (Å²) in [5, 5.41) is 0. The number of rotatable bonds is 4. The highest BCUT2D eigenvalue weighted by Crippen LogP contribution is 2.36. The number of aryl methyl sites for hydroxylation is 2. The van der Waals surface area contributed by atoms with E-state index in [-0.39, 0.29) is 0 Å². The van der Waals surface area contributed by atoms with Gasteiger partial charge >= 0.3 is 0 Å². The molecule has 2 N–H and O–H groups in total. The van der Waals surface area contributed by atoms with Crippen molar-refractivity contribution in [1.29, 1.82) is 0 Å². The molecule has 26 heavy (non-hydrogen) atoms. The van der Waals surface area contributed by atoms with Crippen molar-refractivity contribution in [3.63, 3.8) is 0 Å². The van der Waals surface area contributed by atoms with Crippen molar-refractivity contribution in [1.82, 2.24) is 0 Å². The van der Waals surface area contributed by atoms with Gasteiger partial charge in [-0.2, -0.15) is 0 Å². The van der Waals surface area contributed by atoms with Gasteiger partial charge in [0.1, 0.15) is 0 Å². The fourth-order valence-electron chi connectivity index (χ4n) is 3.64. The Hall–Kier alpha value is -2.75. The third kappa shape index (κ3) is 3.45. The molecule has 1 aliphatic rings. The van der Waals surface area contributed by atoms with Crippen molar-refractivity contribution >= 4 is 23.2 Å². The van der Waals surface area contributed by atoms with Crippen molar-refractivity contribution < 1.29 is 0 Å². The van der Waals surface area contributed by atoms with Gasteiger partial charge in [0.05, 0.1) is 11.4 Å². The molecule has 0 bridgehead atoms. The molecule has 0 fully saturated rings. The zero-order chi connectivity index (χ0) is 18.7. The van der Waals surface area contributed by atoms with Crippen molar-refractivity contribution in [2.75, 3.05) is 37.0 Å². The Labute approximate surface area is 156 Å². The Morgan fingerprint density at radius 1 is 1.15 bits per heavy atom. The molecule has 4 nitrogen and oxygen atoms in total. The molecule has 0 unspecified atom stereocenters. The smallest absolute Gasteiger partial charge is 0.0637 e. The molecule has 0 amide bonds. The lowest BCUT2D eigenvalue weighted by Crippen LogP contribution is -2.39. The Morgan fingerprint density at radius 2 is 1.96 bits per heavy atom. The largest absolute Gasteiger partial charge is 0.404 e. The van der Waals surface area contributed by atoms with Crippen LogP contribution in [0.2, 0.25) is 0 Å². The number of anilines is 2. The molecule has 0 saturated heterocycles. The zero-order valence-corrected chi connectivity index (χ0v) is 16.2. The van der Waals surface area contributed by atoms with E-state index in [4.69, 9.17) is 5.73 Å². The maximum atomic E-state index is 5.74. The first-order chi connectivity index (χ1) is 12.5. The second kappa shape index (κ2) is 7.65. The minimum absolute atomic E-state index is 0.918. The van der Waals surface area contributed by atoms with Gasteiger partial charge in [-0.15, -0.1) is 0 Å². The van der Waals surface area contributed by atoms with Crippen molar-refractivity contribution in [3.05, 3.63) is 64.9 Å². The topological polar surface area (TPSA) is 44.9 Å². The molecular weight excluding hydrogens is 320 g/mol. The Bertz CT molecular complexity index is 851. The molecule has 136 valence electrons. The van der Waals surface area contributed by atoms with Crippen LogP contribution in [0.25, 0.3) is 5.57 Å². The molecule has 0 radical (unpaired) electrons. The maximum Gasteiger partial charge on any atom is 0.0637 e. The third-order valence-electron chi connectivity index (χ3n) is 5.13. The van der Waals surface area contributed by atoms with Crippen LogP contribution in [0.1, 0.15) is 22.3 Å². The molecule has 0 aliphatic carbocycles. The minimum atomic E-state index is 0.918. The highest BCUT2D eigenvalue weighted by atomic mass is 15.2. The number of likely N-dealkylation sites (N-methyl/N-ethyl adjacent to an activating group) is 1. The van der Waals surface area contributed by atoms with Crippen LogP contribution in [0.5, 0.6) is 0 Å².